The smallest absolute Gasteiger partial charge is 0.322 e. The average Bonchev–Trinajstić information content (AvgIpc) is 3.15. The van der Waals surface area contributed by atoms with Crippen molar-refractivity contribution in [3.8, 4) is 17.2 Å². The second kappa shape index (κ2) is 8.64. The van der Waals surface area contributed by atoms with Gasteiger partial charge in [0.2, 0.25) is 11.6 Å². The molecule has 8 nitrogen and oxygen atoms in total. The second-order valence-electron chi connectivity index (χ2n) is 6.48. The zero-order valence-corrected chi connectivity index (χ0v) is 17.0. The van der Waals surface area contributed by atoms with E-state index in [0.717, 1.165) is 11.1 Å². The Kier molecular flexibility index (Phi) is 6.01. The van der Waals surface area contributed by atoms with Crippen LogP contribution in [-0.4, -0.2) is 37.4 Å². The number of anilines is 1. The van der Waals surface area contributed by atoms with E-state index in [-0.39, 0.29) is 6.01 Å². The number of carbonyl (C=O) groups is 1. The van der Waals surface area contributed by atoms with Crippen LogP contribution in [-0.2, 0) is 6.42 Å². The monoisotopic (exact) mass is 397 g/mol. The summed E-state index contributed by atoms with van der Waals surface area (Å²) in [6.07, 6.45) is 0.485. The molecule has 0 fully saturated rings. The van der Waals surface area contributed by atoms with Crippen molar-refractivity contribution in [3.63, 3.8) is 0 Å². The minimum Gasteiger partial charge on any atom is -0.493 e. The molecule has 0 aliphatic heterocycles. The molecule has 1 amide bonds. The molecule has 2 aromatic carbocycles. The first kappa shape index (κ1) is 20.2. The summed E-state index contributed by atoms with van der Waals surface area (Å²) in [6.45, 7) is 4.08. The largest absolute Gasteiger partial charge is 0.493 e. The van der Waals surface area contributed by atoms with E-state index < -0.39 is 5.91 Å². The predicted octanol–water partition coefficient (Wildman–Crippen LogP) is 3.56. The summed E-state index contributed by atoms with van der Waals surface area (Å²) in [6, 6.07) is 9.27. The number of hydrogen-bond acceptors (Lipinski definition) is 7. The van der Waals surface area contributed by atoms with E-state index in [1.54, 1.807) is 12.1 Å². The fourth-order valence-electron chi connectivity index (χ4n) is 2.96. The molecule has 8 heteroatoms. The maximum absolute atomic E-state index is 12.6. The number of carbonyl (C=O) groups excluding carboxylic acids is 1. The number of nitrogens with zero attached hydrogens (tertiary/aromatic N) is 2. The molecule has 0 radical (unpaired) electrons. The lowest BCUT2D eigenvalue weighted by Crippen LogP contribution is -2.13. The Labute approximate surface area is 168 Å². The van der Waals surface area contributed by atoms with Gasteiger partial charge in [-0.25, -0.2) is 0 Å². The molecule has 1 N–H and O–H groups in total. The number of aromatic nitrogens is 2. The Morgan fingerprint density at radius 3 is 2.28 bits per heavy atom. The van der Waals surface area contributed by atoms with Crippen LogP contribution in [0, 0.1) is 13.8 Å². The summed E-state index contributed by atoms with van der Waals surface area (Å²) in [4.78, 5) is 12.6. The highest BCUT2D eigenvalue weighted by molar-refractivity contribution is 6.04. The van der Waals surface area contributed by atoms with Crippen molar-refractivity contribution >= 4 is 11.9 Å². The Bertz CT molecular complexity index is 1000. The van der Waals surface area contributed by atoms with E-state index in [4.69, 9.17) is 18.6 Å². The first-order valence-electron chi connectivity index (χ1n) is 8.95. The molecule has 0 aliphatic carbocycles. The quantitative estimate of drug-likeness (QED) is 0.651. The fourth-order valence-corrected chi connectivity index (χ4v) is 2.96. The third-order valence-corrected chi connectivity index (χ3v) is 4.45. The molecule has 0 bridgehead atoms. The van der Waals surface area contributed by atoms with Gasteiger partial charge in [0.1, 0.15) is 0 Å². The lowest BCUT2D eigenvalue weighted by molar-refractivity contribution is 0.102. The Morgan fingerprint density at radius 1 is 1.00 bits per heavy atom. The second-order valence-corrected chi connectivity index (χ2v) is 6.48. The van der Waals surface area contributed by atoms with Gasteiger partial charge in [0, 0.05) is 5.56 Å². The van der Waals surface area contributed by atoms with Crippen LogP contribution < -0.4 is 19.5 Å². The van der Waals surface area contributed by atoms with Crippen LogP contribution >= 0.6 is 0 Å². The maximum Gasteiger partial charge on any atom is 0.322 e. The van der Waals surface area contributed by atoms with Crippen LogP contribution in [0.5, 0.6) is 17.2 Å². The highest BCUT2D eigenvalue weighted by Crippen LogP contribution is 2.38. The number of ether oxygens (including phenoxy) is 3. The minimum atomic E-state index is -0.439. The molecule has 0 aliphatic rings. The molecule has 29 heavy (non-hydrogen) atoms. The molecule has 0 saturated carbocycles. The van der Waals surface area contributed by atoms with Crippen LogP contribution in [0.1, 0.15) is 32.9 Å². The van der Waals surface area contributed by atoms with Crippen LogP contribution in [0.3, 0.4) is 0 Å². The summed E-state index contributed by atoms with van der Waals surface area (Å²) in [5.74, 6) is 1.12. The van der Waals surface area contributed by atoms with Gasteiger partial charge in [-0.2, -0.15) is 0 Å². The van der Waals surface area contributed by atoms with Gasteiger partial charge in [-0.1, -0.05) is 28.9 Å². The molecular formula is C21H23N3O5. The molecule has 152 valence electrons. The van der Waals surface area contributed by atoms with Crippen LogP contribution in [0.4, 0.5) is 6.01 Å². The van der Waals surface area contributed by atoms with E-state index in [9.17, 15) is 4.79 Å². The topological polar surface area (TPSA) is 95.7 Å². The van der Waals surface area contributed by atoms with Crippen LogP contribution in [0.2, 0.25) is 0 Å². The highest BCUT2D eigenvalue weighted by atomic mass is 16.5. The van der Waals surface area contributed by atoms with Gasteiger partial charge in [0.05, 0.1) is 27.8 Å². The molecule has 3 rings (SSSR count). The van der Waals surface area contributed by atoms with Gasteiger partial charge in [-0.15, -0.1) is 5.10 Å². The van der Waals surface area contributed by atoms with Crippen molar-refractivity contribution < 1.29 is 23.4 Å². The number of hydrogen-bond donors (Lipinski definition) is 1. The summed E-state index contributed by atoms with van der Waals surface area (Å²) in [5.41, 5.74) is 3.72. The van der Waals surface area contributed by atoms with E-state index >= 15 is 0 Å². The van der Waals surface area contributed by atoms with Gasteiger partial charge >= 0.3 is 6.01 Å². The summed E-state index contributed by atoms with van der Waals surface area (Å²) in [5, 5.41) is 10.5. The SMILES string of the molecule is COc1cc(C(=O)Nc2nnc(Cc3ccc(C)cc3C)o2)cc(OC)c1OC. The van der Waals surface area contributed by atoms with Gasteiger partial charge in [0.15, 0.2) is 11.5 Å². The minimum absolute atomic E-state index is 0.0171. The Balaban J connectivity index is 1.76. The molecule has 0 atom stereocenters. The van der Waals surface area contributed by atoms with E-state index in [2.05, 4.69) is 21.6 Å². The third-order valence-electron chi connectivity index (χ3n) is 4.45. The summed E-state index contributed by atoms with van der Waals surface area (Å²) >= 11 is 0. The van der Waals surface area contributed by atoms with Gasteiger partial charge in [-0.3, -0.25) is 10.1 Å². The fraction of sp³-hybridized carbons (Fsp3) is 0.286. The van der Waals surface area contributed by atoms with Gasteiger partial charge in [-0.05, 0) is 37.1 Å². The molecular weight excluding hydrogens is 374 g/mol. The van der Waals surface area contributed by atoms with Crippen molar-refractivity contribution in [2.45, 2.75) is 20.3 Å². The van der Waals surface area contributed by atoms with Crippen LogP contribution in [0.25, 0.3) is 0 Å². The lowest BCUT2D eigenvalue weighted by Gasteiger charge is -2.13. The normalized spacial score (nSPS) is 10.5. The molecule has 3 aromatic rings. The number of aryl methyl sites for hydroxylation is 2. The average molecular weight is 397 g/mol. The van der Waals surface area contributed by atoms with E-state index in [1.807, 2.05) is 26.0 Å². The van der Waals surface area contributed by atoms with Crippen molar-refractivity contribution in [1.82, 2.24) is 10.2 Å². The predicted molar refractivity (Wildman–Crippen MR) is 107 cm³/mol. The number of methoxy groups -OCH3 is 3. The molecule has 1 aromatic heterocycles. The summed E-state index contributed by atoms with van der Waals surface area (Å²) in [7, 11) is 4.46. The number of rotatable bonds is 7. The molecule has 1 heterocycles. The number of benzene rings is 2. The van der Waals surface area contributed by atoms with Gasteiger partial charge in [0.25, 0.3) is 5.91 Å². The van der Waals surface area contributed by atoms with Crippen molar-refractivity contribution in [2.24, 2.45) is 0 Å². The Hall–Kier alpha value is -3.55. The van der Waals surface area contributed by atoms with Crippen LogP contribution in [0.15, 0.2) is 34.7 Å². The zero-order chi connectivity index (χ0) is 21.0. The number of nitrogens with one attached hydrogen (secondary N) is 1. The first-order chi connectivity index (χ1) is 13.9. The third kappa shape index (κ3) is 4.48. The summed E-state index contributed by atoms with van der Waals surface area (Å²) < 4.78 is 21.4. The molecule has 0 unspecified atom stereocenters. The highest BCUT2D eigenvalue weighted by Gasteiger charge is 2.19. The Morgan fingerprint density at radius 2 is 1.69 bits per heavy atom. The van der Waals surface area contributed by atoms with Crippen molar-refractivity contribution in [3.05, 3.63) is 58.5 Å². The standard InChI is InChI=1S/C21H23N3O5/c1-12-6-7-14(13(2)8-12)11-18-23-24-21(29-18)22-20(25)15-9-16(26-3)19(28-5)17(10-15)27-4/h6-10H,11H2,1-5H3,(H,22,24,25). The first-order valence-corrected chi connectivity index (χ1v) is 8.95. The van der Waals surface area contributed by atoms with E-state index in [1.165, 1.54) is 26.9 Å². The molecule has 0 spiro atoms. The number of amides is 1. The van der Waals surface area contributed by atoms with Crippen molar-refractivity contribution in [2.75, 3.05) is 26.6 Å². The maximum atomic E-state index is 12.6. The lowest BCUT2D eigenvalue weighted by atomic mass is 10.0. The van der Waals surface area contributed by atoms with Gasteiger partial charge < -0.3 is 18.6 Å². The molecule has 0 saturated heterocycles. The van der Waals surface area contributed by atoms with E-state index in [0.29, 0.717) is 35.1 Å². The van der Waals surface area contributed by atoms with Crippen molar-refractivity contribution in [1.29, 1.82) is 0 Å². The zero-order valence-electron chi connectivity index (χ0n) is 17.0.